The van der Waals surface area contributed by atoms with Crippen molar-refractivity contribution in [3.8, 4) is 0 Å². The summed E-state index contributed by atoms with van der Waals surface area (Å²) in [7, 11) is 0. The number of aromatic nitrogens is 1. The summed E-state index contributed by atoms with van der Waals surface area (Å²) >= 11 is 0. The average molecular weight is 136 g/mol. The number of hydrogen-bond acceptors (Lipinski definition) is 2. The Kier molecular flexibility index (Phi) is 2.10. The van der Waals surface area contributed by atoms with Crippen LogP contribution < -0.4 is 11.1 Å². The van der Waals surface area contributed by atoms with Gasteiger partial charge >= 0.3 is 0 Å². The molecule has 0 spiro atoms. The Morgan fingerprint density at radius 1 is 1.70 bits per heavy atom. The van der Waals surface area contributed by atoms with Crippen LogP contribution in [0.2, 0.25) is 0 Å². The van der Waals surface area contributed by atoms with E-state index in [-0.39, 0.29) is 0 Å². The number of anilines is 1. The molecule has 0 fully saturated rings. The predicted molar refractivity (Wildman–Crippen MR) is 41.2 cm³/mol. The van der Waals surface area contributed by atoms with Gasteiger partial charge in [-0.25, -0.2) is 4.98 Å². The molecule has 1 aromatic rings. The zero-order valence-corrected chi connectivity index (χ0v) is 5.89. The minimum atomic E-state index is 0.492. The average Bonchev–Trinajstić information content (AvgIpc) is 1.88. The molecule has 0 aliphatic carbocycles. The lowest BCUT2D eigenvalue weighted by Crippen LogP contribution is -1.97. The molecule has 1 heterocycles. The number of pyridine rings is 1. The van der Waals surface area contributed by atoms with Gasteiger partial charge in [0.15, 0.2) is 0 Å². The summed E-state index contributed by atoms with van der Waals surface area (Å²) in [5.41, 5.74) is 7.73. The molecular formula is C7H10N3. The molecule has 0 bridgehead atoms. The Labute approximate surface area is 60.3 Å². The number of rotatable bonds is 2. The van der Waals surface area contributed by atoms with E-state index in [4.69, 9.17) is 5.73 Å². The molecule has 0 saturated carbocycles. The number of nitrogens with zero attached hydrogens (tertiary/aromatic N) is 1. The first-order chi connectivity index (χ1) is 4.83. The summed E-state index contributed by atoms with van der Waals surface area (Å²) in [6.07, 6.45) is 1.63. The Balaban J connectivity index is 2.75. The first-order valence-electron chi connectivity index (χ1n) is 3.24. The third-order valence-corrected chi connectivity index (χ3v) is 1.12. The molecule has 0 saturated heterocycles. The monoisotopic (exact) mass is 136 g/mol. The molecule has 1 aromatic heterocycles. The summed E-state index contributed by atoms with van der Waals surface area (Å²) in [5.74, 6) is 0.773. The predicted octanol–water partition coefficient (Wildman–Crippen LogP) is 1.43. The van der Waals surface area contributed by atoms with Gasteiger partial charge in [-0.05, 0) is 13.0 Å². The van der Waals surface area contributed by atoms with E-state index < -0.39 is 0 Å². The third-order valence-electron chi connectivity index (χ3n) is 1.12. The van der Waals surface area contributed by atoms with Gasteiger partial charge in [0.25, 0.3) is 0 Å². The first kappa shape index (κ1) is 6.86. The van der Waals surface area contributed by atoms with Crippen LogP contribution in [0, 0.1) is 0 Å². The van der Waals surface area contributed by atoms with Crippen LogP contribution in [0.25, 0.3) is 0 Å². The molecule has 0 aliphatic rings. The van der Waals surface area contributed by atoms with Crippen molar-refractivity contribution in [2.24, 2.45) is 0 Å². The molecule has 0 amide bonds. The van der Waals surface area contributed by atoms with E-state index in [1.807, 2.05) is 6.92 Å². The van der Waals surface area contributed by atoms with Gasteiger partial charge in [0.2, 0.25) is 0 Å². The van der Waals surface area contributed by atoms with E-state index in [2.05, 4.69) is 10.3 Å². The smallest absolute Gasteiger partial charge is 0.128 e. The Morgan fingerprint density at radius 3 is 3.10 bits per heavy atom. The van der Waals surface area contributed by atoms with Crippen LogP contribution in [0.3, 0.4) is 0 Å². The van der Waals surface area contributed by atoms with Crippen LogP contribution in [0.1, 0.15) is 6.92 Å². The fourth-order valence-electron chi connectivity index (χ4n) is 0.708. The van der Waals surface area contributed by atoms with Gasteiger partial charge in [-0.1, -0.05) is 0 Å². The van der Waals surface area contributed by atoms with Crippen molar-refractivity contribution < 1.29 is 0 Å². The topological polar surface area (TPSA) is 48.7 Å². The molecule has 1 rings (SSSR count). The summed E-state index contributed by atoms with van der Waals surface area (Å²) in [4.78, 5) is 4.00. The fraction of sp³-hybridized carbons (Fsp3) is 0.286. The van der Waals surface area contributed by atoms with Crippen LogP contribution in [0.15, 0.2) is 18.3 Å². The molecule has 0 aliphatic heterocycles. The first-order valence-corrected chi connectivity index (χ1v) is 3.24. The largest absolute Gasteiger partial charge is 0.370 e. The highest BCUT2D eigenvalue weighted by atomic mass is 15.0. The summed E-state index contributed by atoms with van der Waals surface area (Å²) in [6, 6.07) is 3.35. The van der Waals surface area contributed by atoms with Gasteiger partial charge in [0.1, 0.15) is 5.82 Å². The quantitative estimate of drug-likeness (QED) is 0.668. The van der Waals surface area contributed by atoms with Crippen LogP contribution in [-0.2, 0) is 0 Å². The van der Waals surface area contributed by atoms with Crippen molar-refractivity contribution in [2.45, 2.75) is 6.92 Å². The molecule has 3 nitrogen and oxygen atoms in total. The standard InChI is InChI=1S/C7H10N3/c1-2-9-7-5-6(8)3-4-10-7/h3-5,8H,2H2,1H3,(H,9,10). The van der Waals surface area contributed by atoms with Crippen molar-refractivity contribution >= 4 is 11.5 Å². The SMILES string of the molecule is CCNc1cc([NH])ccn1. The van der Waals surface area contributed by atoms with E-state index in [9.17, 15) is 0 Å². The van der Waals surface area contributed by atoms with Crippen LogP contribution in [0.4, 0.5) is 11.5 Å². The van der Waals surface area contributed by atoms with E-state index >= 15 is 0 Å². The maximum atomic E-state index is 7.23. The maximum absolute atomic E-state index is 7.23. The highest BCUT2D eigenvalue weighted by Gasteiger charge is 1.89. The lowest BCUT2D eigenvalue weighted by Gasteiger charge is -2.00. The van der Waals surface area contributed by atoms with Gasteiger partial charge in [0, 0.05) is 18.8 Å². The zero-order chi connectivity index (χ0) is 7.40. The van der Waals surface area contributed by atoms with E-state index in [1.54, 1.807) is 18.3 Å². The van der Waals surface area contributed by atoms with Gasteiger partial charge in [-0.15, -0.1) is 0 Å². The molecule has 2 N–H and O–H groups in total. The molecular weight excluding hydrogens is 126 g/mol. The second-order valence-corrected chi connectivity index (χ2v) is 1.96. The van der Waals surface area contributed by atoms with Gasteiger partial charge in [-0.2, -0.15) is 0 Å². The number of hydrogen-bond donors (Lipinski definition) is 1. The van der Waals surface area contributed by atoms with Crippen molar-refractivity contribution in [3.63, 3.8) is 0 Å². The van der Waals surface area contributed by atoms with E-state index in [0.717, 1.165) is 12.4 Å². The van der Waals surface area contributed by atoms with E-state index in [1.165, 1.54) is 0 Å². The molecule has 1 radical (unpaired) electrons. The number of nitrogens with one attached hydrogen (secondary N) is 2. The summed E-state index contributed by atoms with van der Waals surface area (Å²) < 4.78 is 0. The Morgan fingerprint density at radius 2 is 2.50 bits per heavy atom. The molecule has 0 unspecified atom stereocenters. The van der Waals surface area contributed by atoms with Crippen molar-refractivity contribution in [3.05, 3.63) is 18.3 Å². The van der Waals surface area contributed by atoms with Gasteiger partial charge in [0.05, 0.1) is 5.69 Å². The lowest BCUT2D eigenvalue weighted by molar-refractivity contribution is 1.16. The molecule has 0 aromatic carbocycles. The maximum Gasteiger partial charge on any atom is 0.128 e. The second-order valence-electron chi connectivity index (χ2n) is 1.96. The normalized spacial score (nSPS) is 9.30. The minimum absolute atomic E-state index is 0.492. The van der Waals surface area contributed by atoms with Gasteiger partial charge < -0.3 is 11.1 Å². The van der Waals surface area contributed by atoms with Crippen LogP contribution >= 0.6 is 0 Å². The van der Waals surface area contributed by atoms with Crippen molar-refractivity contribution in [1.82, 2.24) is 10.7 Å². The Bertz CT molecular complexity index is 210. The summed E-state index contributed by atoms with van der Waals surface area (Å²) in [6.45, 7) is 2.84. The highest BCUT2D eigenvalue weighted by molar-refractivity contribution is 5.45. The highest BCUT2D eigenvalue weighted by Crippen LogP contribution is 2.07. The van der Waals surface area contributed by atoms with Crippen molar-refractivity contribution in [2.75, 3.05) is 11.9 Å². The molecule has 53 valence electrons. The second kappa shape index (κ2) is 3.06. The fourth-order valence-corrected chi connectivity index (χ4v) is 0.708. The van der Waals surface area contributed by atoms with E-state index in [0.29, 0.717) is 5.69 Å². The Hall–Kier alpha value is -1.25. The minimum Gasteiger partial charge on any atom is -0.370 e. The third kappa shape index (κ3) is 1.62. The van der Waals surface area contributed by atoms with Crippen LogP contribution in [-0.4, -0.2) is 11.5 Å². The molecule has 0 atom stereocenters. The molecule has 10 heavy (non-hydrogen) atoms. The molecule has 3 heteroatoms. The summed E-state index contributed by atoms with van der Waals surface area (Å²) in [5, 5.41) is 3.02. The zero-order valence-electron chi connectivity index (χ0n) is 5.89. The van der Waals surface area contributed by atoms with Crippen molar-refractivity contribution in [1.29, 1.82) is 0 Å². The van der Waals surface area contributed by atoms with Gasteiger partial charge in [-0.3, -0.25) is 0 Å². The van der Waals surface area contributed by atoms with Crippen LogP contribution in [0.5, 0.6) is 0 Å². The lowest BCUT2D eigenvalue weighted by atomic mass is 10.4.